The molecule has 1 atom stereocenters. The zero-order valence-electron chi connectivity index (χ0n) is 12.6. The first kappa shape index (κ1) is 15.4. The molecule has 2 heterocycles. The minimum Gasteiger partial charge on any atom is -0.393 e. The first-order valence-corrected chi connectivity index (χ1v) is 7.04. The summed E-state index contributed by atoms with van der Waals surface area (Å²) in [5.74, 6) is -0.215. The Morgan fingerprint density at radius 2 is 2.14 bits per heavy atom. The second-order valence-corrected chi connectivity index (χ2v) is 6.19. The lowest BCUT2D eigenvalue weighted by molar-refractivity contribution is 0.0551. The number of aliphatic hydroxyl groups excluding tert-OH is 1. The largest absolute Gasteiger partial charge is 0.393 e. The molecule has 2 N–H and O–H groups in total. The first-order valence-electron chi connectivity index (χ1n) is 7.04. The van der Waals surface area contributed by atoms with Crippen LogP contribution in [0.15, 0.2) is 30.7 Å². The summed E-state index contributed by atoms with van der Waals surface area (Å²) in [5.41, 5.74) is 0.910. The van der Waals surface area contributed by atoms with E-state index in [4.69, 9.17) is 0 Å². The Hall–Kier alpha value is -2.01. The molecule has 2 aromatic rings. The standard InChI is InChI=1S/C16H21N3O2/c1-16(2,3)13(20)6-8-19-15(21)12-10-17-9-11-5-4-7-18-14(11)12/h4-5,7,9-10,13,20H,6,8H2,1-3H3,(H,19,21). The highest BCUT2D eigenvalue weighted by atomic mass is 16.3. The molecule has 5 heteroatoms. The van der Waals surface area contributed by atoms with Crippen LogP contribution in [0, 0.1) is 5.41 Å². The molecule has 0 saturated heterocycles. The van der Waals surface area contributed by atoms with Gasteiger partial charge in [0.15, 0.2) is 0 Å². The van der Waals surface area contributed by atoms with Crippen molar-refractivity contribution in [3.05, 3.63) is 36.3 Å². The van der Waals surface area contributed by atoms with Crippen molar-refractivity contribution < 1.29 is 9.90 Å². The fraction of sp³-hybridized carbons (Fsp3) is 0.438. The third-order valence-electron chi connectivity index (χ3n) is 3.46. The summed E-state index contributed by atoms with van der Waals surface area (Å²) < 4.78 is 0. The van der Waals surface area contributed by atoms with Crippen LogP contribution in [0.1, 0.15) is 37.6 Å². The second kappa shape index (κ2) is 6.18. The van der Waals surface area contributed by atoms with Crippen molar-refractivity contribution in [2.75, 3.05) is 6.54 Å². The molecule has 2 rings (SSSR count). The molecule has 0 bridgehead atoms. The van der Waals surface area contributed by atoms with E-state index in [0.29, 0.717) is 24.0 Å². The second-order valence-electron chi connectivity index (χ2n) is 6.19. The number of carbonyl (C=O) groups excluding carboxylic acids is 1. The maximum Gasteiger partial charge on any atom is 0.255 e. The summed E-state index contributed by atoms with van der Waals surface area (Å²) >= 11 is 0. The number of pyridine rings is 2. The third-order valence-corrected chi connectivity index (χ3v) is 3.46. The van der Waals surface area contributed by atoms with Crippen molar-refractivity contribution in [3.63, 3.8) is 0 Å². The summed E-state index contributed by atoms with van der Waals surface area (Å²) in [7, 11) is 0. The van der Waals surface area contributed by atoms with E-state index in [1.807, 2.05) is 32.9 Å². The van der Waals surface area contributed by atoms with Crippen LogP contribution in [0.3, 0.4) is 0 Å². The van der Waals surface area contributed by atoms with Gasteiger partial charge in [-0.15, -0.1) is 0 Å². The van der Waals surface area contributed by atoms with Gasteiger partial charge < -0.3 is 10.4 Å². The predicted octanol–water partition coefficient (Wildman–Crippen LogP) is 2.16. The zero-order chi connectivity index (χ0) is 15.5. The number of fused-ring (bicyclic) bond motifs is 1. The van der Waals surface area contributed by atoms with Gasteiger partial charge >= 0.3 is 0 Å². The molecule has 0 fully saturated rings. The first-order chi connectivity index (χ1) is 9.89. The maximum absolute atomic E-state index is 12.2. The summed E-state index contributed by atoms with van der Waals surface area (Å²) in [6, 6.07) is 3.68. The maximum atomic E-state index is 12.2. The lowest BCUT2D eigenvalue weighted by atomic mass is 9.87. The summed E-state index contributed by atoms with van der Waals surface area (Å²) in [5, 5.41) is 13.6. The highest BCUT2D eigenvalue weighted by molar-refractivity contribution is 6.04. The van der Waals surface area contributed by atoms with Gasteiger partial charge in [0.1, 0.15) is 0 Å². The van der Waals surface area contributed by atoms with Crippen molar-refractivity contribution in [1.29, 1.82) is 0 Å². The number of aliphatic hydroxyl groups is 1. The lowest BCUT2D eigenvalue weighted by Crippen LogP contribution is -2.32. The number of carbonyl (C=O) groups is 1. The van der Waals surface area contributed by atoms with Crippen LogP contribution in [0.5, 0.6) is 0 Å². The van der Waals surface area contributed by atoms with E-state index < -0.39 is 6.10 Å². The molecule has 21 heavy (non-hydrogen) atoms. The van der Waals surface area contributed by atoms with Crippen LogP contribution in [0.25, 0.3) is 10.9 Å². The molecule has 5 nitrogen and oxygen atoms in total. The van der Waals surface area contributed by atoms with E-state index >= 15 is 0 Å². The molecule has 0 aliphatic heterocycles. The minimum absolute atomic E-state index is 0.187. The Labute approximate surface area is 124 Å². The average Bonchev–Trinajstić information content (AvgIpc) is 2.45. The van der Waals surface area contributed by atoms with Gasteiger partial charge in [-0.1, -0.05) is 20.8 Å². The van der Waals surface area contributed by atoms with Gasteiger partial charge in [0.05, 0.1) is 17.2 Å². The van der Waals surface area contributed by atoms with Gasteiger partial charge in [0.25, 0.3) is 5.91 Å². The molecule has 0 saturated carbocycles. The normalized spacial score (nSPS) is 13.1. The van der Waals surface area contributed by atoms with Gasteiger partial charge in [-0.2, -0.15) is 0 Å². The number of hydrogen-bond donors (Lipinski definition) is 2. The van der Waals surface area contributed by atoms with Crippen LogP contribution in [0.4, 0.5) is 0 Å². The monoisotopic (exact) mass is 287 g/mol. The Balaban J connectivity index is 2.03. The van der Waals surface area contributed by atoms with Gasteiger partial charge in [-0.3, -0.25) is 14.8 Å². The summed E-state index contributed by atoms with van der Waals surface area (Å²) in [6.07, 6.45) is 4.91. The van der Waals surface area contributed by atoms with Crippen molar-refractivity contribution in [1.82, 2.24) is 15.3 Å². The van der Waals surface area contributed by atoms with Crippen LogP contribution in [-0.4, -0.2) is 33.6 Å². The van der Waals surface area contributed by atoms with E-state index in [9.17, 15) is 9.90 Å². The number of aromatic nitrogens is 2. The van der Waals surface area contributed by atoms with E-state index in [-0.39, 0.29) is 11.3 Å². The molecule has 0 radical (unpaired) electrons. The van der Waals surface area contributed by atoms with E-state index in [0.717, 1.165) is 5.39 Å². The van der Waals surface area contributed by atoms with E-state index in [2.05, 4.69) is 15.3 Å². The van der Waals surface area contributed by atoms with E-state index in [1.54, 1.807) is 12.4 Å². The minimum atomic E-state index is -0.457. The summed E-state index contributed by atoms with van der Waals surface area (Å²) in [4.78, 5) is 20.5. The van der Waals surface area contributed by atoms with Crippen LogP contribution >= 0.6 is 0 Å². The smallest absolute Gasteiger partial charge is 0.255 e. The molecule has 0 aliphatic carbocycles. The fourth-order valence-electron chi connectivity index (χ4n) is 2.02. The molecule has 0 aromatic carbocycles. The molecule has 0 aliphatic rings. The zero-order valence-corrected chi connectivity index (χ0v) is 12.6. The van der Waals surface area contributed by atoms with Gasteiger partial charge in [0.2, 0.25) is 0 Å². The average molecular weight is 287 g/mol. The Morgan fingerprint density at radius 3 is 2.86 bits per heavy atom. The van der Waals surface area contributed by atoms with Crippen molar-refractivity contribution in [2.45, 2.75) is 33.3 Å². The molecular formula is C16H21N3O2. The number of rotatable bonds is 4. The number of nitrogens with zero attached hydrogens (tertiary/aromatic N) is 2. The highest BCUT2D eigenvalue weighted by Gasteiger charge is 2.21. The van der Waals surface area contributed by atoms with Crippen LogP contribution in [-0.2, 0) is 0 Å². The highest BCUT2D eigenvalue weighted by Crippen LogP contribution is 2.21. The fourth-order valence-corrected chi connectivity index (χ4v) is 2.02. The molecule has 112 valence electrons. The van der Waals surface area contributed by atoms with Crippen molar-refractivity contribution >= 4 is 16.8 Å². The summed E-state index contributed by atoms with van der Waals surface area (Å²) in [6.45, 7) is 6.33. The number of hydrogen-bond acceptors (Lipinski definition) is 4. The lowest BCUT2D eigenvalue weighted by Gasteiger charge is -2.25. The molecular weight excluding hydrogens is 266 g/mol. The quantitative estimate of drug-likeness (QED) is 0.903. The topological polar surface area (TPSA) is 75.1 Å². The molecule has 1 unspecified atom stereocenters. The van der Waals surface area contributed by atoms with Gasteiger partial charge in [0, 0.05) is 30.5 Å². The van der Waals surface area contributed by atoms with Crippen LogP contribution < -0.4 is 5.32 Å². The predicted molar refractivity (Wildman–Crippen MR) is 82.0 cm³/mol. The van der Waals surface area contributed by atoms with Crippen molar-refractivity contribution in [2.24, 2.45) is 5.41 Å². The molecule has 1 amide bonds. The molecule has 2 aromatic heterocycles. The van der Waals surface area contributed by atoms with Gasteiger partial charge in [-0.25, -0.2) is 0 Å². The SMILES string of the molecule is CC(C)(C)C(O)CCNC(=O)c1cncc2cccnc12. The number of nitrogens with one attached hydrogen (secondary N) is 1. The Bertz CT molecular complexity index is 629. The van der Waals surface area contributed by atoms with Gasteiger partial charge in [-0.05, 0) is 24.0 Å². The Morgan fingerprint density at radius 1 is 1.38 bits per heavy atom. The van der Waals surface area contributed by atoms with Crippen molar-refractivity contribution in [3.8, 4) is 0 Å². The van der Waals surface area contributed by atoms with Crippen LogP contribution in [0.2, 0.25) is 0 Å². The number of amides is 1. The van der Waals surface area contributed by atoms with E-state index in [1.165, 1.54) is 6.20 Å². The Kier molecular flexibility index (Phi) is 4.53. The third kappa shape index (κ3) is 3.76. The molecule has 0 spiro atoms.